The van der Waals surface area contributed by atoms with Gasteiger partial charge in [0.05, 0.1) is 17.3 Å². The summed E-state index contributed by atoms with van der Waals surface area (Å²) in [6.45, 7) is 11.3. The lowest BCUT2D eigenvalue weighted by Gasteiger charge is -2.36. The smallest absolute Gasteiger partial charge is 0.0821 e. The molecular formula is C15H30N4O. The molecule has 0 saturated carbocycles. The van der Waals surface area contributed by atoms with Gasteiger partial charge in [-0.15, -0.1) is 0 Å². The molecule has 0 fully saturated rings. The highest BCUT2D eigenvalue weighted by molar-refractivity contribution is 5.05. The normalized spacial score (nSPS) is 17.7. The predicted octanol–water partition coefficient (Wildman–Crippen LogP) is 2.43. The summed E-state index contributed by atoms with van der Waals surface area (Å²) in [7, 11) is 0. The molecule has 116 valence electrons. The molecule has 0 bridgehead atoms. The largest absolute Gasteiger partial charge is 0.374 e. The lowest BCUT2D eigenvalue weighted by atomic mass is 9.90. The van der Waals surface area contributed by atoms with Crippen LogP contribution < -0.4 is 11.3 Å². The van der Waals surface area contributed by atoms with E-state index in [2.05, 4.69) is 44.3 Å². The zero-order valence-electron chi connectivity index (χ0n) is 13.5. The van der Waals surface area contributed by atoms with Crippen molar-refractivity contribution in [1.29, 1.82) is 0 Å². The van der Waals surface area contributed by atoms with Crippen molar-refractivity contribution < 1.29 is 4.74 Å². The van der Waals surface area contributed by atoms with Crippen LogP contribution in [0, 0.1) is 0 Å². The lowest BCUT2D eigenvalue weighted by Crippen LogP contribution is -2.54. The van der Waals surface area contributed by atoms with Gasteiger partial charge in [-0.25, -0.2) is 0 Å². The van der Waals surface area contributed by atoms with E-state index in [-0.39, 0.29) is 11.6 Å². The summed E-state index contributed by atoms with van der Waals surface area (Å²) in [5, 5.41) is 4.64. The van der Waals surface area contributed by atoms with Crippen molar-refractivity contribution >= 4 is 0 Å². The Bertz CT molecular complexity index is 393. The summed E-state index contributed by atoms with van der Waals surface area (Å²) < 4.78 is 7.92. The molecule has 0 radical (unpaired) electrons. The first-order chi connectivity index (χ1) is 9.50. The Morgan fingerprint density at radius 1 is 1.45 bits per heavy atom. The zero-order chi connectivity index (χ0) is 15.2. The van der Waals surface area contributed by atoms with Gasteiger partial charge in [-0.2, -0.15) is 5.10 Å². The first-order valence-electron chi connectivity index (χ1n) is 7.64. The van der Waals surface area contributed by atoms with Gasteiger partial charge in [0.15, 0.2) is 0 Å². The van der Waals surface area contributed by atoms with E-state index in [0.717, 1.165) is 25.0 Å². The number of rotatable bonds is 9. The van der Waals surface area contributed by atoms with Crippen LogP contribution in [-0.4, -0.2) is 28.0 Å². The van der Waals surface area contributed by atoms with Crippen molar-refractivity contribution in [3.8, 4) is 0 Å². The van der Waals surface area contributed by atoms with E-state index < -0.39 is 0 Å². The highest BCUT2D eigenvalue weighted by Crippen LogP contribution is 2.22. The van der Waals surface area contributed by atoms with Gasteiger partial charge >= 0.3 is 0 Å². The van der Waals surface area contributed by atoms with Crippen LogP contribution in [0.15, 0.2) is 12.3 Å². The Kier molecular flexibility index (Phi) is 6.65. The molecule has 1 aromatic rings. The van der Waals surface area contributed by atoms with Crippen molar-refractivity contribution in [3.63, 3.8) is 0 Å². The Hall–Kier alpha value is -0.910. The SMILES string of the molecule is CCOC(C)(CC)C(Cc1ccn(C(C)CC)n1)NN. The molecule has 1 aromatic heterocycles. The van der Waals surface area contributed by atoms with E-state index in [0.29, 0.717) is 12.6 Å². The number of hydrogen-bond acceptors (Lipinski definition) is 4. The summed E-state index contributed by atoms with van der Waals surface area (Å²) in [4.78, 5) is 0. The maximum absolute atomic E-state index is 5.90. The average Bonchev–Trinajstić information content (AvgIpc) is 2.92. The zero-order valence-corrected chi connectivity index (χ0v) is 13.5. The molecule has 0 aliphatic carbocycles. The van der Waals surface area contributed by atoms with E-state index in [1.807, 2.05) is 17.8 Å². The highest BCUT2D eigenvalue weighted by Gasteiger charge is 2.33. The fourth-order valence-corrected chi connectivity index (χ4v) is 2.36. The fraction of sp³-hybridized carbons (Fsp3) is 0.800. The second-order valence-corrected chi connectivity index (χ2v) is 5.57. The van der Waals surface area contributed by atoms with Crippen LogP contribution in [0.25, 0.3) is 0 Å². The number of aromatic nitrogens is 2. The minimum atomic E-state index is -0.274. The van der Waals surface area contributed by atoms with E-state index in [1.165, 1.54) is 0 Å². The number of hydrogen-bond donors (Lipinski definition) is 2. The molecule has 0 aliphatic rings. The van der Waals surface area contributed by atoms with Gasteiger partial charge in [0.2, 0.25) is 0 Å². The van der Waals surface area contributed by atoms with Crippen molar-refractivity contribution in [2.24, 2.45) is 5.84 Å². The fourth-order valence-electron chi connectivity index (χ4n) is 2.36. The molecule has 0 aliphatic heterocycles. The third-order valence-electron chi connectivity index (χ3n) is 4.23. The molecule has 3 N–H and O–H groups in total. The molecule has 3 atom stereocenters. The van der Waals surface area contributed by atoms with Gasteiger partial charge in [0.25, 0.3) is 0 Å². The molecule has 0 spiro atoms. The van der Waals surface area contributed by atoms with Crippen molar-refractivity contribution in [2.45, 2.75) is 71.6 Å². The van der Waals surface area contributed by atoms with Gasteiger partial charge < -0.3 is 4.74 Å². The Balaban J connectivity index is 2.80. The molecule has 3 unspecified atom stereocenters. The predicted molar refractivity (Wildman–Crippen MR) is 82.4 cm³/mol. The van der Waals surface area contributed by atoms with Crippen molar-refractivity contribution in [1.82, 2.24) is 15.2 Å². The first kappa shape index (κ1) is 17.1. The molecule has 1 rings (SSSR count). The number of nitrogens with one attached hydrogen (secondary N) is 1. The highest BCUT2D eigenvalue weighted by atomic mass is 16.5. The molecule has 5 heteroatoms. The summed E-state index contributed by atoms with van der Waals surface area (Å²) in [6, 6.07) is 2.55. The average molecular weight is 282 g/mol. The second-order valence-electron chi connectivity index (χ2n) is 5.57. The van der Waals surface area contributed by atoms with E-state index in [4.69, 9.17) is 10.6 Å². The van der Waals surface area contributed by atoms with Crippen LogP contribution in [-0.2, 0) is 11.2 Å². The Morgan fingerprint density at radius 2 is 2.15 bits per heavy atom. The maximum Gasteiger partial charge on any atom is 0.0821 e. The number of ether oxygens (including phenoxy) is 1. The van der Waals surface area contributed by atoms with Gasteiger partial charge in [-0.05, 0) is 39.7 Å². The Morgan fingerprint density at radius 3 is 2.65 bits per heavy atom. The van der Waals surface area contributed by atoms with Crippen molar-refractivity contribution in [3.05, 3.63) is 18.0 Å². The monoisotopic (exact) mass is 282 g/mol. The number of nitrogens with zero attached hydrogens (tertiary/aromatic N) is 2. The van der Waals surface area contributed by atoms with Gasteiger partial charge in [-0.3, -0.25) is 16.0 Å². The molecular weight excluding hydrogens is 252 g/mol. The van der Waals surface area contributed by atoms with Gasteiger partial charge in [0, 0.05) is 25.3 Å². The molecule has 5 nitrogen and oxygen atoms in total. The lowest BCUT2D eigenvalue weighted by molar-refractivity contribution is -0.0553. The van der Waals surface area contributed by atoms with E-state index in [9.17, 15) is 0 Å². The van der Waals surface area contributed by atoms with Crippen LogP contribution in [0.5, 0.6) is 0 Å². The van der Waals surface area contributed by atoms with E-state index in [1.54, 1.807) is 0 Å². The second kappa shape index (κ2) is 7.76. The topological polar surface area (TPSA) is 65.1 Å². The van der Waals surface area contributed by atoms with Crippen LogP contribution in [0.3, 0.4) is 0 Å². The van der Waals surface area contributed by atoms with E-state index >= 15 is 0 Å². The van der Waals surface area contributed by atoms with Gasteiger partial charge in [-0.1, -0.05) is 13.8 Å². The number of nitrogens with two attached hydrogens (primary N) is 1. The molecule has 0 amide bonds. The van der Waals surface area contributed by atoms with Gasteiger partial charge in [0.1, 0.15) is 0 Å². The third-order valence-corrected chi connectivity index (χ3v) is 4.23. The first-order valence-corrected chi connectivity index (χ1v) is 7.64. The molecule has 0 saturated heterocycles. The molecule has 0 aromatic carbocycles. The third kappa shape index (κ3) is 4.04. The standard InChI is InChI=1S/C15H30N4O/c1-6-12(4)19-10-9-13(18-19)11-14(17-16)15(5,7-2)20-8-3/h9-10,12,14,17H,6-8,11,16H2,1-5H3. The molecule has 1 heterocycles. The van der Waals surface area contributed by atoms with Crippen LogP contribution in [0.1, 0.15) is 59.2 Å². The number of hydrazine groups is 1. The van der Waals surface area contributed by atoms with Crippen molar-refractivity contribution in [2.75, 3.05) is 6.61 Å². The quantitative estimate of drug-likeness (QED) is 0.539. The van der Waals surface area contributed by atoms with Crippen LogP contribution >= 0.6 is 0 Å². The Labute approximate surface area is 122 Å². The maximum atomic E-state index is 5.90. The van der Waals surface area contributed by atoms with Crippen LogP contribution in [0.4, 0.5) is 0 Å². The summed E-state index contributed by atoms with van der Waals surface area (Å²) in [6.07, 6.45) is 4.79. The summed E-state index contributed by atoms with van der Waals surface area (Å²) in [5.74, 6) is 5.74. The summed E-state index contributed by atoms with van der Waals surface area (Å²) in [5.41, 5.74) is 3.68. The minimum absolute atomic E-state index is 0.0488. The molecule has 20 heavy (non-hydrogen) atoms. The summed E-state index contributed by atoms with van der Waals surface area (Å²) >= 11 is 0. The van der Waals surface area contributed by atoms with Crippen LogP contribution in [0.2, 0.25) is 0 Å². The minimum Gasteiger partial charge on any atom is -0.374 e.